The van der Waals surface area contributed by atoms with Gasteiger partial charge in [0.1, 0.15) is 0 Å². The second-order valence-electron chi connectivity index (χ2n) is 5.00. The van der Waals surface area contributed by atoms with Crippen LogP contribution in [0.3, 0.4) is 0 Å². The van der Waals surface area contributed by atoms with E-state index in [-0.39, 0.29) is 18.2 Å². The fourth-order valence-electron chi connectivity index (χ4n) is 2.15. The number of hydrogen-bond donors (Lipinski definition) is 2. The van der Waals surface area contributed by atoms with Gasteiger partial charge >= 0.3 is 0 Å². The minimum Gasteiger partial charge on any atom is -0.378 e. The molecule has 2 N–H and O–H groups in total. The molecule has 0 aliphatic carbocycles. The van der Waals surface area contributed by atoms with Crippen molar-refractivity contribution in [2.75, 3.05) is 26.3 Å². The van der Waals surface area contributed by atoms with Crippen molar-refractivity contribution in [1.82, 2.24) is 10.4 Å². The molecule has 0 aromatic carbocycles. The van der Waals surface area contributed by atoms with Crippen molar-refractivity contribution in [2.24, 2.45) is 11.8 Å². The smallest absolute Gasteiger partial charge is 0.244 e. The Bertz CT molecular complexity index is 288. The van der Waals surface area contributed by atoms with E-state index in [9.17, 15) is 9.59 Å². The first-order valence-corrected chi connectivity index (χ1v) is 6.34. The lowest BCUT2D eigenvalue weighted by Crippen LogP contribution is -2.45. The summed E-state index contributed by atoms with van der Waals surface area (Å²) in [7, 11) is 0. The zero-order chi connectivity index (χ0) is 13.5. The van der Waals surface area contributed by atoms with Gasteiger partial charge in [-0.25, -0.2) is 5.48 Å². The Hall–Kier alpha value is -1.14. The molecule has 6 heteroatoms. The Morgan fingerprint density at radius 1 is 1.33 bits per heavy atom. The lowest BCUT2D eigenvalue weighted by atomic mass is 9.92. The molecule has 6 nitrogen and oxygen atoms in total. The van der Waals surface area contributed by atoms with Crippen LogP contribution in [-0.4, -0.2) is 48.2 Å². The van der Waals surface area contributed by atoms with Gasteiger partial charge in [0.2, 0.25) is 11.8 Å². The second kappa shape index (κ2) is 7.33. The third kappa shape index (κ3) is 4.62. The standard InChI is InChI=1S/C12H22N2O4/c1-9(2)7-10(8-11(15)13-17)12(16)14-3-5-18-6-4-14/h9-10,17H,3-8H2,1-2H3,(H,13,15)/t10-/m1/s1. The predicted octanol–water partition coefficient (Wildman–Crippen LogP) is 0.403. The van der Waals surface area contributed by atoms with Crippen molar-refractivity contribution in [3.63, 3.8) is 0 Å². The maximum absolute atomic E-state index is 12.3. The number of morpholine rings is 1. The summed E-state index contributed by atoms with van der Waals surface area (Å²) in [6, 6.07) is 0. The third-order valence-corrected chi connectivity index (χ3v) is 2.98. The minimum absolute atomic E-state index is 0.0180. The molecule has 1 atom stereocenters. The van der Waals surface area contributed by atoms with E-state index in [0.29, 0.717) is 38.6 Å². The normalized spacial score (nSPS) is 17.7. The summed E-state index contributed by atoms with van der Waals surface area (Å²) in [5.74, 6) is -0.570. The molecular weight excluding hydrogens is 236 g/mol. The molecule has 1 heterocycles. The molecule has 0 saturated carbocycles. The Morgan fingerprint density at radius 2 is 1.94 bits per heavy atom. The van der Waals surface area contributed by atoms with Gasteiger partial charge in [0.15, 0.2) is 0 Å². The summed E-state index contributed by atoms with van der Waals surface area (Å²) in [6.07, 6.45) is 0.675. The summed E-state index contributed by atoms with van der Waals surface area (Å²) >= 11 is 0. The second-order valence-corrected chi connectivity index (χ2v) is 5.00. The number of amides is 2. The number of rotatable bonds is 5. The highest BCUT2D eigenvalue weighted by molar-refractivity contribution is 5.85. The van der Waals surface area contributed by atoms with E-state index in [1.807, 2.05) is 13.8 Å². The Labute approximate surface area is 107 Å². The van der Waals surface area contributed by atoms with Gasteiger partial charge in [0.25, 0.3) is 0 Å². The molecule has 0 radical (unpaired) electrons. The van der Waals surface area contributed by atoms with Crippen LogP contribution in [0.2, 0.25) is 0 Å². The Balaban J connectivity index is 2.61. The van der Waals surface area contributed by atoms with Gasteiger partial charge in [-0.15, -0.1) is 0 Å². The summed E-state index contributed by atoms with van der Waals surface area (Å²) in [6.45, 7) is 6.27. The maximum atomic E-state index is 12.3. The summed E-state index contributed by atoms with van der Waals surface area (Å²) in [5, 5.41) is 8.57. The van der Waals surface area contributed by atoms with Crippen LogP contribution in [-0.2, 0) is 14.3 Å². The fraction of sp³-hybridized carbons (Fsp3) is 0.833. The Kier molecular flexibility index (Phi) is 6.07. The molecule has 18 heavy (non-hydrogen) atoms. The fourth-order valence-corrected chi connectivity index (χ4v) is 2.15. The van der Waals surface area contributed by atoms with Crippen molar-refractivity contribution in [3.8, 4) is 0 Å². The van der Waals surface area contributed by atoms with Crippen molar-refractivity contribution >= 4 is 11.8 Å². The van der Waals surface area contributed by atoms with Crippen LogP contribution in [0, 0.1) is 11.8 Å². The van der Waals surface area contributed by atoms with E-state index in [1.165, 1.54) is 0 Å². The van der Waals surface area contributed by atoms with Crippen molar-refractivity contribution in [1.29, 1.82) is 0 Å². The largest absolute Gasteiger partial charge is 0.378 e. The highest BCUT2D eigenvalue weighted by atomic mass is 16.5. The van der Waals surface area contributed by atoms with Crippen LogP contribution in [0.1, 0.15) is 26.7 Å². The van der Waals surface area contributed by atoms with Gasteiger partial charge < -0.3 is 9.64 Å². The topological polar surface area (TPSA) is 78.9 Å². The van der Waals surface area contributed by atoms with Gasteiger partial charge in [-0.05, 0) is 12.3 Å². The molecule has 1 aliphatic heterocycles. The van der Waals surface area contributed by atoms with Crippen molar-refractivity contribution < 1.29 is 19.5 Å². The SMILES string of the molecule is CC(C)C[C@H](CC(=O)NO)C(=O)N1CCOCC1. The number of ether oxygens (including phenoxy) is 1. The van der Waals surface area contributed by atoms with Crippen LogP contribution in [0.4, 0.5) is 0 Å². The average Bonchev–Trinajstić information content (AvgIpc) is 2.37. The van der Waals surface area contributed by atoms with Crippen molar-refractivity contribution in [3.05, 3.63) is 0 Å². The highest BCUT2D eigenvalue weighted by Crippen LogP contribution is 2.19. The molecule has 104 valence electrons. The number of nitrogens with one attached hydrogen (secondary N) is 1. The summed E-state index contributed by atoms with van der Waals surface area (Å²) in [5.41, 5.74) is 1.59. The lowest BCUT2D eigenvalue weighted by molar-refractivity contribution is -0.144. The minimum atomic E-state index is -0.512. The number of hydroxylamine groups is 1. The van der Waals surface area contributed by atoms with Crippen LogP contribution in [0.25, 0.3) is 0 Å². The van der Waals surface area contributed by atoms with Crippen LogP contribution < -0.4 is 5.48 Å². The van der Waals surface area contributed by atoms with Crippen LogP contribution in [0.15, 0.2) is 0 Å². The third-order valence-electron chi connectivity index (χ3n) is 2.98. The molecule has 1 saturated heterocycles. The highest BCUT2D eigenvalue weighted by Gasteiger charge is 2.28. The number of nitrogens with zero attached hydrogens (tertiary/aromatic N) is 1. The molecule has 0 unspecified atom stereocenters. The molecule has 0 aromatic rings. The first-order valence-electron chi connectivity index (χ1n) is 6.34. The van der Waals surface area contributed by atoms with E-state index in [4.69, 9.17) is 9.94 Å². The molecule has 0 spiro atoms. The zero-order valence-electron chi connectivity index (χ0n) is 11.0. The van der Waals surface area contributed by atoms with Gasteiger partial charge in [-0.1, -0.05) is 13.8 Å². The number of hydrogen-bond acceptors (Lipinski definition) is 4. The molecule has 0 bridgehead atoms. The lowest BCUT2D eigenvalue weighted by Gasteiger charge is -2.30. The molecule has 1 fully saturated rings. The van der Waals surface area contributed by atoms with E-state index >= 15 is 0 Å². The maximum Gasteiger partial charge on any atom is 0.244 e. The number of carbonyl (C=O) groups is 2. The van der Waals surface area contributed by atoms with Crippen LogP contribution in [0.5, 0.6) is 0 Å². The first-order chi connectivity index (χ1) is 8.54. The van der Waals surface area contributed by atoms with Gasteiger partial charge in [0.05, 0.1) is 13.2 Å². The quantitative estimate of drug-likeness (QED) is 0.553. The van der Waals surface area contributed by atoms with E-state index < -0.39 is 5.91 Å². The van der Waals surface area contributed by atoms with Crippen LogP contribution >= 0.6 is 0 Å². The van der Waals surface area contributed by atoms with Gasteiger partial charge in [-0.3, -0.25) is 14.8 Å². The molecule has 0 aromatic heterocycles. The summed E-state index contributed by atoms with van der Waals surface area (Å²) in [4.78, 5) is 25.3. The monoisotopic (exact) mass is 258 g/mol. The molecular formula is C12H22N2O4. The van der Waals surface area contributed by atoms with Gasteiger partial charge in [-0.2, -0.15) is 0 Å². The molecule has 1 rings (SSSR count). The zero-order valence-corrected chi connectivity index (χ0v) is 11.0. The Morgan fingerprint density at radius 3 is 2.44 bits per heavy atom. The summed E-state index contributed by atoms with van der Waals surface area (Å²) < 4.78 is 5.20. The van der Waals surface area contributed by atoms with Gasteiger partial charge in [0, 0.05) is 25.4 Å². The van der Waals surface area contributed by atoms with E-state index in [1.54, 1.807) is 10.4 Å². The predicted molar refractivity (Wildman–Crippen MR) is 64.9 cm³/mol. The first kappa shape index (κ1) is 14.9. The van der Waals surface area contributed by atoms with Crippen molar-refractivity contribution in [2.45, 2.75) is 26.7 Å². The van der Waals surface area contributed by atoms with E-state index in [2.05, 4.69) is 0 Å². The molecule has 1 aliphatic rings. The van der Waals surface area contributed by atoms with E-state index in [0.717, 1.165) is 0 Å². The molecule has 2 amide bonds. The average molecular weight is 258 g/mol. The number of carbonyl (C=O) groups excluding carboxylic acids is 2.